The fraction of sp³-hybridized carbons (Fsp3) is 0.214. The Balaban J connectivity index is 1.78. The number of hydrogen-bond acceptors (Lipinski definition) is 5. The first-order valence-electron chi connectivity index (χ1n) is 6.36. The van der Waals surface area contributed by atoms with Crippen LogP contribution in [0.1, 0.15) is 5.56 Å². The van der Waals surface area contributed by atoms with E-state index in [2.05, 4.69) is 10.2 Å². The number of rotatable bonds is 4. The highest BCUT2D eigenvalue weighted by atomic mass is 32.2. The summed E-state index contributed by atoms with van der Waals surface area (Å²) in [5.74, 6) is 1.61. The minimum absolute atomic E-state index is 0.239. The van der Waals surface area contributed by atoms with E-state index in [-0.39, 0.29) is 5.69 Å². The van der Waals surface area contributed by atoms with Crippen LogP contribution in [0.4, 0.5) is 0 Å². The van der Waals surface area contributed by atoms with E-state index in [0.29, 0.717) is 5.65 Å². The van der Waals surface area contributed by atoms with Gasteiger partial charge in [0.2, 0.25) is 0 Å². The van der Waals surface area contributed by atoms with Crippen LogP contribution in [0, 0.1) is 0 Å². The lowest BCUT2D eigenvalue weighted by Crippen LogP contribution is -2.19. The second-order valence-corrected chi connectivity index (χ2v) is 5.48. The molecule has 0 bridgehead atoms. The van der Waals surface area contributed by atoms with Crippen molar-refractivity contribution < 1.29 is 4.74 Å². The lowest BCUT2D eigenvalue weighted by molar-refractivity contribution is 0.414. The van der Waals surface area contributed by atoms with Gasteiger partial charge >= 0.3 is 5.69 Å². The molecule has 0 saturated heterocycles. The molecule has 3 aromatic rings. The first kappa shape index (κ1) is 13.7. The number of aryl methyl sites for hydroxylation is 1. The quantitative estimate of drug-likeness (QED) is 0.687. The topological polar surface area (TPSA) is 61.4 Å². The predicted molar refractivity (Wildman–Crippen MR) is 80.8 cm³/mol. The standard InChI is InChI=1S/C14H14N4O2S/c1-17-14(19)18-12(15-17)7-8-13(16-18)21-9-10-3-5-11(20-2)6-4-10/h3-8H,9H2,1-2H3. The van der Waals surface area contributed by atoms with E-state index in [1.54, 1.807) is 32.0 Å². The summed E-state index contributed by atoms with van der Waals surface area (Å²) in [5, 5.41) is 9.16. The average Bonchev–Trinajstić information content (AvgIpc) is 2.80. The third-order valence-corrected chi connectivity index (χ3v) is 4.04. The monoisotopic (exact) mass is 302 g/mol. The molecule has 7 heteroatoms. The molecule has 3 rings (SSSR count). The van der Waals surface area contributed by atoms with Crippen LogP contribution in [0.15, 0.2) is 46.2 Å². The molecule has 0 aliphatic carbocycles. The second-order valence-electron chi connectivity index (χ2n) is 4.48. The van der Waals surface area contributed by atoms with Gasteiger partial charge in [0.1, 0.15) is 10.8 Å². The predicted octanol–water partition coefficient (Wildman–Crippen LogP) is 1.73. The fourth-order valence-electron chi connectivity index (χ4n) is 1.91. The van der Waals surface area contributed by atoms with E-state index in [4.69, 9.17) is 4.74 Å². The van der Waals surface area contributed by atoms with Gasteiger partial charge in [-0.2, -0.15) is 9.61 Å². The Hall–Kier alpha value is -2.28. The summed E-state index contributed by atoms with van der Waals surface area (Å²) >= 11 is 1.57. The molecule has 0 spiro atoms. The van der Waals surface area contributed by atoms with Crippen LogP contribution in [0.3, 0.4) is 0 Å². The van der Waals surface area contributed by atoms with Crippen LogP contribution in [0.2, 0.25) is 0 Å². The van der Waals surface area contributed by atoms with Gasteiger partial charge in [0.25, 0.3) is 0 Å². The lowest BCUT2D eigenvalue weighted by Gasteiger charge is -2.03. The maximum absolute atomic E-state index is 11.8. The summed E-state index contributed by atoms with van der Waals surface area (Å²) in [6.07, 6.45) is 0. The Kier molecular flexibility index (Phi) is 3.66. The Morgan fingerprint density at radius 1 is 1.14 bits per heavy atom. The van der Waals surface area contributed by atoms with Crippen molar-refractivity contribution in [2.45, 2.75) is 10.8 Å². The fourth-order valence-corrected chi connectivity index (χ4v) is 2.72. The van der Waals surface area contributed by atoms with Gasteiger partial charge in [-0.25, -0.2) is 9.48 Å². The van der Waals surface area contributed by atoms with E-state index in [0.717, 1.165) is 16.5 Å². The van der Waals surface area contributed by atoms with Gasteiger partial charge in [0.05, 0.1) is 7.11 Å². The Labute approximate surface area is 125 Å². The second kappa shape index (κ2) is 5.61. The molecule has 0 atom stereocenters. The Bertz CT molecular complexity index is 823. The van der Waals surface area contributed by atoms with Crippen molar-refractivity contribution in [3.05, 3.63) is 52.4 Å². The first-order valence-corrected chi connectivity index (χ1v) is 7.35. The molecule has 0 aliphatic heterocycles. The summed E-state index contributed by atoms with van der Waals surface area (Å²) in [4.78, 5) is 11.8. The number of benzene rings is 1. The summed E-state index contributed by atoms with van der Waals surface area (Å²) in [5.41, 5.74) is 1.48. The highest BCUT2D eigenvalue weighted by Crippen LogP contribution is 2.22. The SMILES string of the molecule is COc1ccc(CSc2ccc3nn(C)c(=O)n3n2)cc1. The maximum atomic E-state index is 11.8. The molecule has 2 heterocycles. The zero-order valence-electron chi connectivity index (χ0n) is 11.7. The summed E-state index contributed by atoms with van der Waals surface area (Å²) < 4.78 is 7.72. The molecule has 1 aromatic carbocycles. The van der Waals surface area contributed by atoms with Crippen molar-refractivity contribution >= 4 is 17.4 Å². The van der Waals surface area contributed by atoms with Gasteiger partial charge < -0.3 is 4.74 Å². The van der Waals surface area contributed by atoms with Gasteiger partial charge in [-0.1, -0.05) is 23.9 Å². The van der Waals surface area contributed by atoms with Crippen molar-refractivity contribution in [2.75, 3.05) is 7.11 Å². The highest BCUT2D eigenvalue weighted by Gasteiger charge is 2.06. The number of ether oxygens (including phenoxy) is 1. The van der Waals surface area contributed by atoms with Gasteiger partial charge in [-0.3, -0.25) is 0 Å². The van der Waals surface area contributed by atoms with Gasteiger partial charge in [-0.05, 0) is 29.8 Å². The zero-order chi connectivity index (χ0) is 14.8. The van der Waals surface area contributed by atoms with Gasteiger partial charge in [0, 0.05) is 12.8 Å². The number of fused-ring (bicyclic) bond motifs is 1. The molecule has 21 heavy (non-hydrogen) atoms. The summed E-state index contributed by atoms with van der Waals surface area (Å²) in [6.45, 7) is 0. The summed E-state index contributed by atoms with van der Waals surface area (Å²) in [6, 6.07) is 11.6. The number of thioether (sulfide) groups is 1. The molecule has 0 aliphatic rings. The summed E-state index contributed by atoms with van der Waals surface area (Å²) in [7, 11) is 3.26. The number of nitrogens with zero attached hydrogens (tertiary/aromatic N) is 4. The van der Waals surface area contributed by atoms with Crippen LogP contribution < -0.4 is 10.4 Å². The number of aromatic nitrogens is 4. The smallest absolute Gasteiger partial charge is 0.366 e. The number of methoxy groups -OCH3 is 1. The Morgan fingerprint density at radius 3 is 2.62 bits per heavy atom. The van der Waals surface area contributed by atoms with E-state index in [9.17, 15) is 4.79 Å². The average molecular weight is 302 g/mol. The van der Waals surface area contributed by atoms with E-state index >= 15 is 0 Å². The minimum Gasteiger partial charge on any atom is -0.497 e. The third kappa shape index (κ3) is 2.78. The van der Waals surface area contributed by atoms with Crippen LogP contribution in [0.25, 0.3) is 5.65 Å². The van der Waals surface area contributed by atoms with Crippen molar-refractivity contribution in [1.29, 1.82) is 0 Å². The molecule has 6 nitrogen and oxygen atoms in total. The van der Waals surface area contributed by atoms with Crippen LogP contribution in [-0.2, 0) is 12.8 Å². The van der Waals surface area contributed by atoms with E-state index < -0.39 is 0 Å². The third-order valence-electron chi connectivity index (χ3n) is 3.05. The molecule has 0 saturated carbocycles. The largest absolute Gasteiger partial charge is 0.497 e. The van der Waals surface area contributed by atoms with Crippen LogP contribution in [0.5, 0.6) is 5.75 Å². The van der Waals surface area contributed by atoms with Crippen molar-refractivity contribution in [1.82, 2.24) is 19.4 Å². The van der Waals surface area contributed by atoms with Crippen LogP contribution in [-0.4, -0.2) is 26.5 Å². The van der Waals surface area contributed by atoms with Crippen molar-refractivity contribution in [3.8, 4) is 5.75 Å². The van der Waals surface area contributed by atoms with Gasteiger partial charge in [0.15, 0.2) is 5.65 Å². The molecule has 0 unspecified atom stereocenters. The minimum atomic E-state index is -0.239. The first-order chi connectivity index (χ1) is 10.2. The normalized spacial score (nSPS) is 11.0. The van der Waals surface area contributed by atoms with Crippen LogP contribution >= 0.6 is 11.8 Å². The molecule has 2 aromatic heterocycles. The molecule has 0 amide bonds. The lowest BCUT2D eigenvalue weighted by atomic mass is 10.2. The van der Waals surface area contributed by atoms with Crippen molar-refractivity contribution in [3.63, 3.8) is 0 Å². The molecule has 108 valence electrons. The highest BCUT2D eigenvalue weighted by molar-refractivity contribution is 7.98. The van der Waals surface area contributed by atoms with Crippen molar-refractivity contribution in [2.24, 2.45) is 7.05 Å². The Morgan fingerprint density at radius 2 is 1.90 bits per heavy atom. The molecular formula is C14H14N4O2S. The van der Waals surface area contributed by atoms with E-state index in [1.165, 1.54) is 14.8 Å². The maximum Gasteiger partial charge on any atom is 0.366 e. The van der Waals surface area contributed by atoms with E-state index in [1.807, 2.05) is 30.3 Å². The molecule has 0 radical (unpaired) electrons. The zero-order valence-corrected chi connectivity index (χ0v) is 12.5. The molecular weight excluding hydrogens is 288 g/mol. The molecule has 0 fully saturated rings. The number of hydrogen-bond donors (Lipinski definition) is 0. The molecule has 0 N–H and O–H groups in total. The van der Waals surface area contributed by atoms with Gasteiger partial charge in [-0.15, -0.1) is 5.10 Å².